The van der Waals surface area contributed by atoms with Gasteiger partial charge in [0.05, 0.1) is 0 Å². The number of benzene rings is 1. The Morgan fingerprint density at radius 1 is 1.29 bits per heavy atom. The monoisotopic (exact) mass is 398 g/mol. The first-order valence-corrected chi connectivity index (χ1v) is 10.7. The molecular weight excluding hydrogens is 372 g/mol. The molecule has 0 N–H and O–H groups in total. The zero-order valence-corrected chi connectivity index (χ0v) is 17.2. The Bertz CT molecular complexity index is 941. The fraction of sp³-hybridized carbons (Fsp3) is 0.476. The number of likely N-dealkylation sites (tertiary alicyclic amines) is 1. The van der Waals surface area contributed by atoms with Crippen LogP contribution in [0.2, 0.25) is 0 Å². The summed E-state index contributed by atoms with van der Waals surface area (Å²) in [5, 5.41) is 7.55. The number of hydrogen-bond acceptors (Lipinski definition) is 6. The van der Waals surface area contributed by atoms with Gasteiger partial charge in [-0.25, -0.2) is 0 Å². The van der Waals surface area contributed by atoms with E-state index in [0.717, 1.165) is 38.8 Å². The van der Waals surface area contributed by atoms with E-state index in [0.29, 0.717) is 18.3 Å². The molecule has 1 amide bonds. The fourth-order valence-electron chi connectivity index (χ4n) is 3.76. The molecule has 0 aliphatic carbocycles. The number of aromatic nitrogens is 2. The van der Waals surface area contributed by atoms with E-state index < -0.39 is 0 Å². The van der Waals surface area contributed by atoms with Crippen molar-refractivity contribution in [1.29, 1.82) is 0 Å². The highest BCUT2D eigenvalue weighted by atomic mass is 32.1. The standard InChI is InChI=1S/C21H26N4O2S/c1-24(2)21-22-20(27-23-21)15-10-12-25(13-11-15)19(26)9-5-6-16-14-28-18-8-4-3-7-17(16)18/h3-4,7-8,14-15H,5-6,9-13H2,1-2H3. The van der Waals surface area contributed by atoms with Crippen LogP contribution in [0.1, 0.15) is 43.1 Å². The average molecular weight is 399 g/mol. The van der Waals surface area contributed by atoms with E-state index in [4.69, 9.17) is 4.52 Å². The van der Waals surface area contributed by atoms with E-state index in [-0.39, 0.29) is 11.8 Å². The SMILES string of the molecule is CN(C)c1noc(C2CCN(C(=O)CCCc3csc4ccccc34)CC2)n1. The van der Waals surface area contributed by atoms with E-state index in [2.05, 4.69) is 39.8 Å². The molecule has 3 aromatic rings. The molecule has 1 aromatic carbocycles. The van der Waals surface area contributed by atoms with Gasteiger partial charge in [-0.3, -0.25) is 4.79 Å². The second-order valence-corrected chi connectivity index (χ2v) is 8.50. The van der Waals surface area contributed by atoms with Gasteiger partial charge in [0, 0.05) is 44.2 Å². The van der Waals surface area contributed by atoms with Crippen molar-refractivity contribution in [2.24, 2.45) is 0 Å². The Morgan fingerprint density at radius 2 is 2.07 bits per heavy atom. The highest BCUT2D eigenvalue weighted by Crippen LogP contribution is 2.29. The maximum absolute atomic E-state index is 12.6. The summed E-state index contributed by atoms with van der Waals surface area (Å²) < 4.78 is 6.72. The first kappa shape index (κ1) is 18.9. The van der Waals surface area contributed by atoms with Crippen LogP contribution >= 0.6 is 11.3 Å². The van der Waals surface area contributed by atoms with Crippen LogP contribution < -0.4 is 4.90 Å². The zero-order valence-electron chi connectivity index (χ0n) is 16.4. The Hall–Kier alpha value is -2.41. The summed E-state index contributed by atoms with van der Waals surface area (Å²) in [5.74, 6) is 1.81. The number of carbonyl (C=O) groups excluding carboxylic acids is 1. The predicted molar refractivity (Wildman–Crippen MR) is 112 cm³/mol. The number of piperidine rings is 1. The molecule has 0 unspecified atom stereocenters. The largest absolute Gasteiger partial charge is 0.344 e. The number of aryl methyl sites for hydroxylation is 1. The van der Waals surface area contributed by atoms with Gasteiger partial charge in [0.25, 0.3) is 5.95 Å². The molecule has 2 aromatic heterocycles. The minimum Gasteiger partial charge on any atom is -0.344 e. The maximum atomic E-state index is 12.6. The van der Waals surface area contributed by atoms with Crippen molar-refractivity contribution in [3.8, 4) is 0 Å². The highest BCUT2D eigenvalue weighted by molar-refractivity contribution is 7.17. The van der Waals surface area contributed by atoms with Crippen molar-refractivity contribution in [3.63, 3.8) is 0 Å². The molecule has 1 aliphatic rings. The molecule has 1 fully saturated rings. The van der Waals surface area contributed by atoms with Crippen LogP contribution in [0.25, 0.3) is 10.1 Å². The lowest BCUT2D eigenvalue weighted by molar-refractivity contribution is -0.132. The van der Waals surface area contributed by atoms with Crippen molar-refractivity contribution >= 4 is 33.3 Å². The van der Waals surface area contributed by atoms with Gasteiger partial charge >= 0.3 is 0 Å². The Balaban J connectivity index is 1.25. The number of fused-ring (bicyclic) bond motifs is 1. The molecule has 0 spiro atoms. The van der Waals surface area contributed by atoms with Gasteiger partial charge in [0.15, 0.2) is 0 Å². The van der Waals surface area contributed by atoms with Gasteiger partial charge in [0.1, 0.15) is 0 Å². The molecule has 0 bridgehead atoms. The molecule has 6 nitrogen and oxygen atoms in total. The molecule has 0 saturated carbocycles. The van der Waals surface area contributed by atoms with E-state index in [9.17, 15) is 4.79 Å². The maximum Gasteiger partial charge on any atom is 0.265 e. The fourth-order valence-corrected chi connectivity index (χ4v) is 4.76. The van der Waals surface area contributed by atoms with Crippen LogP contribution in [0.4, 0.5) is 5.95 Å². The molecule has 4 rings (SSSR count). The topological polar surface area (TPSA) is 62.5 Å². The summed E-state index contributed by atoms with van der Waals surface area (Å²) in [4.78, 5) is 20.9. The van der Waals surface area contributed by atoms with Gasteiger partial charge in [-0.15, -0.1) is 11.3 Å². The van der Waals surface area contributed by atoms with Crippen molar-refractivity contribution < 1.29 is 9.32 Å². The lowest BCUT2D eigenvalue weighted by atomic mass is 9.96. The van der Waals surface area contributed by atoms with Crippen LogP contribution in [-0.4, -0.2) is 48.1 Å². The number of nitrogens with zero attached hydrogens (tertiary/aromatic N) is 4. The Labute approximate surface area is 169 Å². The van der Waals surface area contributed by atoms with Gasteiger partial charge in [-0.1, -0.05) is 18.2 Å². The van der Waals surface area contributed by atoms with Gasteiger partial charge in [0.2, 0.25) is 11.8 Å². The van der Waals surface area contributed by atoms with Crippen LogP contribution in [0.15, 0.2) is 34.2 Å². The van der Waals surface area contributed by atoms with Gasteiger partial charge in [-0.05, 0) is 53.2 Å². The second kappa shape index (κ2) is 8.31. The number of anilines is 1. The van der Waals surface area contributed by atoms with Crippen LogP contribution in [0, 0.1) is 0 Å². The molecule has 0 radical (unpaired) electrons. The summed E-state index contributed by atoms with van der Waals surface area (Å²) in [6, 6.07) is 8.49. The number of thiophene rings is 1. The minimum absolute atomic E-state index is 0.252. The van der Waals surface area contributed by atoms with Crippen molar-refractivity contribution in [2.75, 3.05) is 32.1 Å². The summed E-state index contributed by atoms with van der Waals surface area (Å²) >= 11 is 1.78. The molecule has 0 atom stereocenters. The molecule has 148 valence electrons. The van der Waals surface area contributed by atoms with E-state index in [1.54, 1.807) is 11.3 Å². The van der Waals surface area contributed by atoms with Crippen molar-refractivity contribution in [2.45, 2.75) is 38.0 Å². The Morgan fingerprint density at radius 3 is 2.82 bits per heavy atom. The lowest BCUT2D eigenvalue weighted by Crippen LogP contribution is -2.37. The average Bonchev–Trinajstić information content (AvgIpc) is 3.36. The summed E-state index contributed by atoms with van der Waals surface area (Å²) in [5.41, 5.74) is 1.36. The van der Waals surface area contributed by atoms with Crippen LogP contribution in [-0.2, 0) is 11.2 Å². The third kappa shape index (κ3) is 4.04. The highest BCUT2D eigenvalue weighted by Gasteiger charge is 2.27. The lowest BCUT2D eigenvalue weighted by Gasteiger charge is -2.30. The second-order valence-electron chi connectivity index (χ2n) is 7.59. The smallest absolute Gasteiger partial charge is 0.265 e. The van der Waals surface area contributed by atoms with Crippen LogP contribution in [0.3, 0.4) is 0 Å². The molecule has 28 heavy (non-hydrogen) atoms. The number of hydrogen-bond donors (Lipinski definition) is 0. The third-order valence-electron chi connectivity index (χ3n) is 5.43. The zero-order chi connectivity index (χ0) is 19.5. The van der Waals surface area contributed by atoms with Gasteiger partial charge < -0.3 is 14.3 Å². The molecule has 7 heteroatoms. The van der Waals surface area contributed by atoms with E-state index in [1.165, 1.54) is 15.6 Å². The summed E-state index contributed by atoms with van der Waals surface area (Å²) in [6.45, 7) is 1.54. The van der Waals surface area contributed by atoms with Crippen LogP contribution in [0.5, 0.6) is 0 Å². The van der Waals surface area contributed by atoms with E-state index >= 15 is 0 Å². The number of rotatable bonds is 6. The first-order valence-electron chi connectivity index (χ1n) is 9.85. The van der Waals surface area contributed by atoms with Crippen molar-refractivity contribution in [3.05, 3.63) is 41.1 Å². The molecule has 1 aliphatic heterocycles. The minimum atomic E-state index is 0.252. The molecule has 3 heterocycles. The quantitative estimate of drug-likeness (QED) is 0.626. The van der Waals surface area contributed by atoms with E-state index in [1.807, 2.05) is 23.9 Å². The number of amides is 1. The molecular formula is C21H26N4O2S. The Kier molecular flexibility index (Phi) is 5.62. The number of carbonyl (C=O) groups is 1. The normalized spacial score (nSPS) is 15.3. The summed E-state index contributed by atoms with van der Waals surface area (Å²) in [7, 11) is 3.80. The van der Waals surface area contributed by atoms with Gasteiger partial charge in [-0.2, -0.15) is 4.98 Å². The summed E-state index contributed by atoms with van der Waals surface area (Å²) in [6.07, 6.45) is 4.24. The molecule has 1 saturated heterocycles. The van der Waals surface area contributed by atoms with Crippen molar-refractivity contribution in [1.82, 2.24) is 15.0 Å². The predicted octanol–water partition coefficient (Wildman–Crippen LogP) is 4.08. The first-order chi connectivity index (χ1) is 13.6. The third-order valence-corrected chi connectivity index (χ3v) is 6.44.